The summed E-state index contributed by atoms with van der Waals surface area (Å²) in [6.07, 6.45) is 64.3. The van der Waals surface area contributed by atoms with Gasteiger partial charge in [0.15, 0.2) is 104 Å². The highest BCUT2D eigenvalue weighted by molar-refractivity contribution is 6.08. The first-order valence-corrected chi connectivity index (χ1v) is 50.5. The Labute approximate surface area is 750 Å². The lowest BCUT2D eigenvalue weighted by Crippen LogP contribution is -2.06. The van der Waals surface area contributed by atoms with Gasteiger partial charge < -0.3 is 48.6 Å². The highest BCUT2D eigenvalue weighted by atomic mass is 16.6. The summed E-state index contributed by atoms with van der Waals surface area (Å²) in [5, 5.41) is 25.8. The molecule has 5 aliphatic heterocycles. The quantitative estimate of drug-likeness (QED) is 0.0207. The Morgan fingerprint density at radius 3 is 0.563 bits per heavy atom. The van der Waals surface area contributed by atoms with Crippen LogP contribution in [0.15, 0.2) is 84.9 Å². The van der Waals surface area contributed by atoms with Crippen molar-refractivity contribution < 1.29 is 38.6 Å². The van der Waals surface area contributed by atoms with Crippen molar-refractivity contribution in [3.8, 4) is 126 Å². The van der Waals surface area contributed by atoms with E-state index in [9.17, 15) is 10.2 Å². The number of ether oxygens (including phenoxy) is 6. The molecule has 0 amide bonds. The molecule has 0 atom stereocenters. The lowest BCUT2D eigenvalue weighted by molar-refractivity contribution is 0.352. The molecule has 0 aliphatic carbocycles. The summed E-state index contributed by atoms with van der Waals surface area (Å²) >= 11 is 0. The molecule has 5 aliphatic rings. The third kappa shape index (κ3) is 22.9. The minimum Gasteiger partial charge on any atom is -0.504 e. The van der Waals surface area contributed by atoms with Crippen molar-refractivity contribution in [3.05, 3.63) is 118 Å². The molecule has 3 aromatic heterocycles. The van der Waals surface area contributed by atoms with E-state index < -0.39 is 0 Å². The average Bonchev–Trinajstić information content (AvgIpc) is 1.56. The van der Waals surface area contributed by atoms with Crippen LogP contribution in [0, 0.1) is 0 Å². The number of unbranched alkanes of at least 4 members (excludes halogenated alkanes) is 42. The van der Waals surface area contributed by atoms with Crippen molar-refractivity contribution in [2.45, 2.75) is 388 Å². The molecular weight excluding hydrogens is 1560 g/mol. The Morgan fingerprint density at radius 2 is 0.373 bits per heavy atom. The number of rotatable bonds is 54. The van der Waals surface area contributed by atoms with Crippen LogP contribution in [0.4, 0.5) is 0 Å². The van der Waals surface area contributed by atoms with Gasteiger partial charge in [0.05, 0.1) is 0 Å². The monoisotopic (exact) mass is 1710 g/mol. The zero-order valence-corrected chi connectivity index (χ0v) is 77.3. The first-order chi connectivity index (χ1) is 62.1. The second-order valence-corrected chi connectivity index (χ2v) is 37.1. The largest absolute Gasteiger partial charge is 0.504 e. The molecule has 8 heterocycles. The SMILES string of the molecule is CCCCCCCCCCc1ccc(CCCCCCCCCC)c2c1Oc1cc3c(cc1O2)-c1nc-3nc2[nH]c(nc3nc(nc4[nH]c(n1)c1cc5c(cc41)Oc1c(CCCCCCCCCC)ccc(CCCCCCCCCC)c1O5)-c1cc(O)c(O)cc1-3)c1cc3c(cc21)Oc1c(CCCCCCCCCC)ccc(CCCCCCCCCC)c1O3. The minimum absolute atomic E-state index is 0.253. The molecule has 15 rings (SSSR count). The molecule has 7 aromatic carbocycles. The predicted molar refractivity (Wildman–Crippen MR) is 517 cm³/mol. The van der Waals surface area contributed by atoms with Gasteiger partial charge in [-0.05, 0) is 159 Å². The van der Waals surface area contributed by atoms with Gasteiger partial charge in [-0.25, -0.2) is 29.9 Å². The number of aromatic hydroxyl groups is 2. The number of aryl methyl sites for hydroxylation is 6. The van der Waals surface area contributed by atoms with Crippen LogP contribution in [0.2, 0.25) is 0 Å². The van der Waals surface area contributed by atoms with Crippen LogP contribution in [0.5, 0.6) is 80.5 Å². The standard InChI is InChI=1S/C110H144N8O8/c1-7-13-19-25-31-37-43-49-55-75-61-63-77(57-51-45-39-33-27-21-15-9-3)99-97(75)121-91-69-83-85(71-93(91)123-99)107-114-105(83)112-103-81-67-89(119)90(120)68-82(81)104(111-103)113-106-84-70-92-94(124-100-78(58-52-46-40-34-28-22-16-10-4)64-62-76(98(100)122-92)56-50-44-38-32-26-20-14-8-2)72-86(84)108(115-106)117-110-88-74-96-95(73-87(88)109(116-107)118-110)125-101-79(59-53-47-41-35-29-23-17-11-5)65-66-80(102(101)126-96)60-54-48-42-36-30-24-18-12-6/h61-74,119-120H,7-60H2,1-6H3,(H2,111,112,113,114,115,116,117,118). The van der Waals surface area contributed by atoms with E-state index in [2.05, 4.69) is 87.9 Å². The zero-order valence-electron chi connectivity index (χ0n) is 77.3. The molecule has 672 valence electrons. The molecule has 0 fully saturated rings. The number of phenols is 2. The number of benzene rings is 7. The maximum Gasteiger partial charge on any atom is 0.173 e. The molecule has 0 saturated carbocycles. The van der Waals surface area contributed by atoms with Crippen LogP contribution in [0.25, 0.3) is 89.7 Å². The van der Waals surface area contributed by atoms with Crippen molar-refractivity contribution in [3.63, 3.8) is 0 Å². The highest BCUT2D eigenvalue weighted by Gasteiger charge is 2.34. The number of hydrogen-bond donors (Lipinski definition) is 4. The van der Waals surface area contributed by atoms with Gasteiger partial charge in [-0.1, -0.05) is 348 Å². The van der Waals surface area contributed by atoms with Crippen LogP contribution in [0.3, 0.4) is 0 Å². The Hall–Kier alpha value is -9.70. The van der Waals surface area contributed by atoms with Crippen molar-refractivity contribution >= 4 is 44.1 Å². The van der Waals surface area contributed by atoms with Gasteiger partial charge in [0.1, 0.15) is 22.6 Å². The van der Waals surface area contributed by atoms with E-state index in [4.69, 9.17) is 58.3 Å². The number of nitrogens with zero attached hydrogens (tertiary/aromatic N) is 6. The molecule has 16 heteroatoms. The molecule has 0 spiro atoms. The van der Waals surface area contributed by atoms with Gasteiger partial charge in [0.2, 0.25) is 0 Å². The number of H-pyrrole nitrogens is 2. The summed E-state index contributed by atoms with van der Waals surface area (Å²) in [5.41, 5.74) is 11.0. The summed E-state index contributed by atoms with van der Waals surface area (Å²) in [5.74, 6) is 8.74. The van der Waals surface area contributed by atoms with Gasteiger partial charge in [0.25, 0.3) is 0 Å². The molecule has 10 aromatic rings. The number of aromatic amines is 2. The summed E-state index contributed by atoms with van der Waals surface area (Å²) < 4.78 is 44.0. The van der Waals surface area contributed by atoms with Crippen molar-refractivity contribution in [1.82, 2.24) is 39.9 Å². The van der Waals surface area contributed by atoms with E-state index in [-0.39, 0.29) is 23.1 Å². The van der Waals surface area contributed by atoms with E-state index in [0.29, 0.717) is 113 Å². The van der Waals surface area contributed by atoms with Gasteiger partial charge in [-0.3, -0.25) is 0 Å². The summed E-state index contributed by atoms with van der Waals surface area (Å²) in [6.45, 7) is 13.7. The Balaban J connectivity index is 0.874. The normalized spacial score (nSPS) is 12.6. The first kappa shape index (κ1) is 91.1. The maximum absolute atomic E-state index is 11.5. The molecule has 0 unspecified atom stereocenters. The van der Waals surface area contributed by atoms with Gasteiger partial charge in [-0.15, -0.1) is 0 Å². The molecule has 4 N–H and O–H groups in total. The van der Waals surface area contributed by atoms with Crippen LogP contribution in [-0.4, -0.2) is 50.1 Å². The fourth-order valence-corrected chi connectivity index (χ4v) is 19.5. The minimum atomic E-state index is -0.319. The van der Waals surface area contributed by atoms with E-state index in [0.717, 1.165) is 183 Å². The predicted octanol–water partition coefficient (Wildman–Crippen LogP) is 34.1. The van der Waals surface area contributed by atoms with Crippen LogP contribution in [-0.2, 0) is 38.5 Å². The topological polar surface area (TPSA) is 205 Å². The number of aromatic nitrogens is 8. The van der Waals surface area contributed by atoms with Crippen LogP contribution < -0.4 is 28.4 Å². The van der Waals surface area contributed by atoms with Crippen LogP contribution >= 0.6 is 0 Å². The van der Waals surface area contributed by atoms with E-state index >= 15 is 0 Å². The maximum atomic E-state index is 11.5. The fourth-order valence-electron chi connectivity index (χ4n) is 19.5. The average molecular weight is 1710 g/mol. The Morgan fingerprint density at radius 1 is 0.206 bits per heavy atom. The Kier molecular flexibility index (Phi) is 33.5. The van der Waals surface area contributed by atoms with E-state index in [1.807, 2.05) is 36.4 Å². The van der Waals surface area contributed by atoms with Gasteiger partial charge in [-0.2, -0.15) is 0 Å². The van der Waals surface area contributed by atoms with Crippen molar-refractivity contribution in [2.75, 3.05) is 0 Å². The molecule has 8 bridgehead atoms. The zero-order chi connectivity index (χ0) is 86.8. The molecule has 0 saturated heterocycles. The third-order valence-electron chi connectivity index (χ3n) is 27.0. The smallest absolute Gasteiger partial charge is 0.173 e. The molecule has 0 radical (unpaired) electrons. The van der Waals surface area contributed by atoms with E-state index in [1.165, 1.54) is 243 Å². The van der Waals surface area contributed by atoms with Crippen molar-refractivity contribution in [1.29, 1.82) is 0 Å². The fraction of sp³-hybridized carbons (Fsp3) is 0.545. The van der Waals surface area contributed by atoms with E-state index in [1.54, 1.807) is 0 Å². The van der Waals surface area contributed by atoms with Crippen molar-refractivity contribution in [2.24, 2.45) is 0 Å². The number of nitrogens with one attached hydrogen (secondary N) is 2. The van der Waals surface area contributed by atoms with Gasteiger partial charge in [0, 0.05) is 43.8 Å². The molecular formula is C110H144N8O8. The lowest BCUT2D eigenvalue weighted by Gasteiger charge is -2.26. The van der Waals surface area contributed by atoms with Crippen LogP contribution in [0.1, 0.15) is 383 Å². The molecule has 16 nitrogen and oxygen atoms in total. The second kappa shape index (κ2) is 46.3. The second-order valence-electron chi connectivity index (χ2n) is 37.1. The third-order valence-corrected chi connectivity index (χ3v) is 27.0. The highest BCUT2D eigenvalue weighted by Crippen LogP contribution is 2.57. The lowest BCUT2D eigenvalue weighted by atomic mass is 9.97. The van der Waals surface area contributed by atoms with Gasteiger partial charge >= 0.3 is 0 Å². The summed E-state index contributed by atoms with van der Waals surface area (Å²) in [7, 11) is 0. The number of hydrogen-bond acceptors (Lipinski definition) is 14. The Bertz CT molecular complexity index is 5140. The number of phenolic OH excluding ortho intramolecular Hbond substituents is 2. The number of fused-ring (bicyclic) bond motifs is 26. The first-order valence-electron chi connectivity index (χ1n) is 50.5. The summed E-state index contributed by atoms with van der Waals surface area (Å²) in [6, 6.07) is 29.0. The molecule has 126 heavy (non-hydrogen) atoms. The summed E-state index contributed by atoms with van der Waals surface area (Å²) in [4.78, 5) is 40.5.